The minimum atomic E-state index is 0. The number of likely N-dealkylation sites (tertiary alicyclic amines) is 1. The molecule has 0 aromatic carbocycles. The van der Waals surface area contributed by atoms with Crippen molar-refractivity contribution in [3.8, 4) is 0 Å². The van der Waals surface area contributed by atoms with E-state index in [0.717, 1.165) is 24.4 Å². The quantitative estimate of drug-likeness (QED) is 0.930. The van der Waals surface area contributed by atoms with Gasteiger partial charge in [-0.25, -0.2) is 0 Å². The summed E-state index contributed by atoms with van der Waals surface area (Å²) in [5.74, 6) is 0.633. The lowest BCUT2D eigenvalue weighted by atomic mass is 10.0. The van der Waals surface area contributed by atoms with E-state index in [2.05, 4.69) is 25.2 Å². The molecule has 1 aliphatic rings. The fraction of sp³-hybridized carbons (Fsp3) is 0.643. The first-order chi connectivity index (χ1) is 8.63. The minimum absolute atomic E-state index is 0. The van der Waals surface area contributed by atoms with Crippen molar-refractivity contribution in [1.82, 2.24) is 10.2 Å². The van der Waals surface area contributed by atoms with Gasteiger partial charge in [0.15, 0.2) is 0 Å². The van der Waals surface area contributed by atoms with Crippen LogP contribution < -0.4 is 5.32 Å². The molecule has 1 aromatic heterocycles. The van der Waals surface area contributed by atoms with Gasteiger partial charge in [-0.2, -0.15) is 0 Å². The fourth-order valence-corrected chi connectivity index (χ4v) is 3.51. The highest BCUT2D eigenvalue weighted by atomic mass is 35.5. The van der Waals surface area contributed by atoms with Gasteiger partial charge in [0.2, 0.25) is 0 Å². The second kappa shape index (κ2) is 7.27. The molecule has 1 aliphatic heterocycles. The van der Waals surface area contributed by atoms with E-state index < -0.39 is 0 Å². The molecule has 2 rings (SSSR count). The van der Waals surface area contributed by atoms with Gasteiger partial charge in [-0.15, -0.1) is 23.7 Å². The van der Waals surface area contributed by atoms with Gasteiger partial charge in [0.1, 0.15) is 0 Å². The van der Waals surface area contributed by atoms with Crippen LogP contribution in [0.1, 0.15) is 47.8 Å². The van der Waals surface area contributed by atoms with E-state index in [1.54, 1.807) is 11.3 Å². The zero-order chi connectivity index (χ0) is 13.1. The van der Waals surface area contributed by atoms with Crippen LogP contribution in [0.4, 0.5) is 0 Å². The number of nitrogens with one attached hydrogen (secondary N) is 1. The molecule has 108 valence electrons. The second-order valence-electron chi connectivity index (χ2n) is 5.24. The number of nitrogens with zero attached hydrogens (tertiary/aromatic N) is 1. The molecule has 0 aliphatic carbocycles. The molecule has 0 bridgehead atoms. The summed E-state index contributed by atoms with van der Waals surface area (Å²) in [6, 6.07) is 2.53. The summed E-state index contributed by atoms with van der Waals surface area (Å²) in [4.78, 5) is 15.5. The molecular formula is C14H23ClN2OS. The summed E-state index contributed by atoms with van der Waals surface area (Å²) >= 11 is 1.58. The molecule has 0 saturated carbocycles. The van der Waals surface area contributed by atoms with Crippen LogP contribution in [0.25, 0.3) is 0 Å². The van der Waals surface area contributed by atoms with E-state index >= 15 is 0 Å². The summed E-state index contributed by atoms with van der Waals surface area (Å²) in [6.45, 7) is 6.02. The van der Waals surface area contributed by atoms with Crippen molar-refractivity contribution in [2.24, 2.45) is 0 Å². The first kappa shape index (κ1) is 16.5. The number of carbonyl (C=O) groups excluding carboxylic acids is 1. The van der Waals surface area contributed by atoms with Gasteiger partial charge in [-0.3, -0.25) is 4.79 Å². The number of thiophene rings is 1. The Balaban J connectivity index is 0.00000180. The van der Waals surface area contributed by atoms with Gasteiger partial charge in [-0.05, 0) is 42.8 Å². The van der Waals surface area contributed by atoms with Gasteiger partial charge >= 0.3 is 0 Å². The smallest absolute Gasteiger partial charge is 0.264 e. The standard InChI is InChI=1S/C14H22N2OS.ClH/c1-10(2)12-6-8-18-13(12)14(17)16-7-4-5-11(9-16)15-3;/h6,8,10-11,15H,4-5,7,9H2,1-3H3;1H. The monoisotopic (exact) mass is 302 g/mol. The van der Waals surface area contributed by atoms with E-state index in [1.165, 1.54) is 12.0 Å². The van der Waals surface area contributed by atoms with Crippen LogP contribution in [0.5, 0.6) is 0 Å². The molecule has 0 radical (unpaired) electrons. The Morgan fingerprint density at radius 3 is 2.89 bits per heavy atom. The number of rotatable bonds is 3. The molecule has 1 fully saturated rings. The van der Waals surface area contributed by atoms with Crippen LogP contribution in [0, 0.1) is 0 Å². The zero-order valence-corrected chi connectivity index (χ0v) is 13.4. The first-order valence-electron chi connectivity index (χ1n) is 6.67. The highest BCUT2D eigenvalue weighted by molar-refractivity contribution is 7.12. The highest BCUT2D eigenvalue weighted by Gasteiger charge is 2.26. The van der Waals surface area contributed by atoms with Crippen molar-refractivity contribution in [1.29, 1.82) is 0 Å². The van der Waals surface area contributed by atoms with Crippen molar-refractivity contribution < 1.29 is 4.79 Å². The summed E-state index contributed by atoms with van der Waals surface area (Å²) < 4.78 is 0. The number of halogens is 1. The van der Waals surface area contributed by atoms with E-state index in [0.29, 0.717) is 12.0 Å². The number of carbonyl (C=O) groups is 1. The average Bonchev–Trinajstić information content (AvgIpc) is 2.87. The summed E-state index contributed by atoms with van der Waals surface area (Å²) in [5.41, 5.74) is 1.19. The Bertz CT molecular complexity index is 419. The molecule has 1 unspecified atom stereocenters. The summed E-state index contributed by atoms with van der Waals surface area (Å²) in [7, 11) is 1.98. The third-order valence-corrected chi connectivity index (χ3v) is 4.55. The maximum Gasteiger partial charge on any atom is 0.264 e. The molecule has 1 amide bonds. The maximum absolute atomic E-state index is 12.6. The zero-order valence-electron chi connectivity index (χ0n) is 11.8. The number of likely N-dealkylation sites (N-methyl/N-ethyl adjacent to an activating group) is 1. The minimum Gasteiger partial charge on any atom is -0.336 e. The highest BCUT2D eigenvalue weighted by Crippen LogP contribution is 2.27. The predicted molar refractivity (Wildman–Crippen MR) is 83.6 cm³/mol. The Morgan fingerprint density at radius 1 is 1.53 bits per heavy atom. The average molecular weight is 303 g/mol. The van der Waals surface area contributed by atoms with Crippen molar-refractivity contribution >= 4 is 29.7 Å². The van der Waals surface area contributed by atoms with Gasteiger partial charge in [0.25, 0.3) is 5.91 Å². The third-order valence-electron chi connectivity index (χ3n) is 3.63. The van der Waals surface area contributed by atoms with Gasteiger partial charge in [0.05, 0.1) is 4.88 Å². The van der Waals surface area contributed by atoms with Crippen LogP contribution in [-0.4, -0.2) is 37.0 Å². The van der Waals surface area contributed by atoms with E-state index in [9.17, 15) is 4.79 Å². The Hall–Kier alpha value is -0.580. The molecule has 3 nitrogen and oxygen atoms in total. The van der Waals surface area contributed by atoms with E-state index in [-0.39, 0.29) is 18.3 Å². The van der Waals surface area contributed by atoms with Gasteiger partial charge in [0, 0.05) is 19.1 Å². The molecular weight excluding hydrogens is 280 g/mol. The number of piperidine rings is 1. The summed E-state index contributed by atoms with van der Waals surface area (Å²) in [6.07, 6.45) is 2.27. The van der Waals surface area contributed by atoms with Gasteiger partial charge < -0.3 is 10.2 Å². The number of amides is 1. The third kappa shape index (κ3) is 3.71. The normalized spacial score (nSPS) is 19.4. The van der Waals surface area contributed by atoms with Crippen molar-refractivity contribution in [2.45, 2.75) is 38.6 Å². The number of hydrogen-bond acceptors (Lipinski definition) is 3. The van der Waals surface area contributed by atoms with Crippen LogP contribution >= 0.6 is 23.7 Å². The Morgan fingerprint density at radius 2 is 2.26 bits per heavy atom. The van der Waals surface area contributed by atoms with Crippen molar-refractivity contribution in [3.63, 3.8) is 0 Å². The molecule has 1 N–H and O–H groups in total. The molecule has 1 atom stereocenters. The van der Waals surface area contributed by atoms with Crippen molar-refractivity contribution in [2.75, 3.05) is 20.1 Å². The summed E-state index contributed by atoms with van der Waals surface area (Å²) in [5, 5.41) is 5.31. The lowest BCUT2D eigenvalue weighted by Gasteiger charge is -2.32. The molecule has 1 aromatic rings. The van der Waals surface area contributed by atoms with E-state index in [1.807, 2.05) is 17.3 Å². The lowest BCUT2D eigenvalue weighted by Crippen LogP contribution is -2.46. The van der Waals surface area contributed by atoms with Crippen LogP contribution in [0.3, 0.4) is 0 Å². The van der Waals surface area contributed by atoms with Crippen LogP contribution in [0.15, 0.2) is 11.4 Å². The molecule has 0 spiro atoms. The molecule has 2 heterocycles. The Labute approximate surface area is 125 Å². The molecule has 1 saturated heterocycles. The first-order valence-corrected chi connectivity index (χ1v) is 7.55. The van der Waals surface area contributed by atoms with Crippen LogP contribution in [-0.2, 0) is 0 Å². The molecule has 5 heteroatoms. The predicted octanol–water partition coefficient (Wildman–Crippen LogP) is 3.12. The second-order valence-corrected chi connectivity index (χ2v) is 6.15. The van der Waals surface area contributed by atoms with Crippen LogP contribution in [0.2, 0.25) is 0 Å². The largest absolute Gasteiger partial charge is 0.336 e. The maximum atomic E-state index is 12.6. The van der Waals surface area contributed by atoms with E-state index in [4.69, 9.17) is 0 Å². The molecule has 19 heavy (non-hydrogen) atoms. The topological polar surface area (TPSA) is 32.3 Å². The SMILES string of the molecule is CNC1CCCN(C(=O)c2sccc2C(C)C)C1.Cl. The lowest BCUT2D eigenvalue weighted by molar-refractivity contribution is 0.0702. The van der Waals surface area contributed by atoms with Gasteiger partial charge in [-0.1, -0.05) is 13.8 Å². The Kier molecular flexibility index (Phi) is 6.30. The fourth-order valence-electron chi connectivity index (χ4n) is 2.49. The van der Waals surface area contributed by atoms with Crippen molar-refractivity contribution in [3.05, 3.63) is 21.9 Å². The number of hydrogen-bond donors (Lipinski definition) is 1.